The number of nitrogens with zero attached hydrogens (tertiary/aromatic N) is 2. The molecule has 0 amide bonds. The van der Waals surface area contributed by atoms with Gasteiger partial charge in [0.05, 0.1) is 6.67 Å². The molecule has 3 heteroatoms. The minimum absolute atomic E-state index is 0. The molecule has 0 bridgehead atoms. The van der Waals surface area contributed by atoms with E-state index in [0.717, 1.165) is 6.67 Å². The fourth-order valence-electron chi connectivity index (χ4n) is 2.89. The first-order valence-electron chi connectivity index (χ1n) is 8.95. The third-order valence-corrected chi connectivity index (χ3v) is 4.24. The van der Waals surface area contributed by atoms with E-state index in [1.165, 1.54) is 83.6 Å². The van der Waals surface area contributed by atoms with Gasteiger partial charge in [-0.25, -0.2) is 0 Å². The second-order valence-electron chi connectivity index (χ2n) is 6.40. The van der Waals surface area contributed by atoms with Gasteiger partial charge >= 0.3 is 0 Å². The normalized spacial score (nSPS) is 13.8. The summed E-state index contributed by atoms with van der Waals surface area (Å²) in [5.74, 6) is 0. The third-order valence-electron chi connectivity index (χ3n) is 4.24. The van der Waals surface area contributed by atoms with E-state index in [-0.39, 0.29) is 24.0 Å². The molecule has 1 rings (SSSR count). The number of unbranched alkanes of at least 4 members (excludes halogenated alkanes) is 11. The predicted molar refractivity (Wildman–Crippen MR) is 105 cm³/mol. The lowest BCUT2D eigenvalue weighted by atomic mass is 10.1. The lowest BCUT2D eigenvalue weighted by Crippen LogP contribution is -2.23. The topological polar surface area (TPSA) is 6.48 Å². The smallest absolute Gasteiger partial charge is 0.0890 e. The Morgan fingerprint density at radius 1 is 0.714 bits per heavy atom. The van der Waals surface area contributed by atoms with Gasteiger partial charge < -0.3 is 9.80 Å². The molecule has 0 N–H and O–H groups in total. The molecule has 21 heavy (non-hydrogen) atoms. The van der Waals surface area contributed by atoms with Gasteiger partial charge in [0, 0.05) is 26.0 Å². The minimum Gasteiger partial charge on any atom is -0.362 e. The molecule has 0 aromatic carbocycles. The molecule has 2 nitrogen and oxygen atoms in total. The van der Waals surface area contributed by atoms with Crippen molar-refractivity contribution in [3.63, 3.8) is 0 Å². The molecule has 0 saturated heterocycles. The highest BCUT2D eigenvalue weighted by Gasteiger charge is 2.06. The van der Waals surface area contributed by atoms with Crippen LogP contribution in [0.1, 0.15) is 84.0 Å². The zero-order valence-electron chi connectivity index (χ0n) is 14.4. The van der Waals surface area contributed by atoms with Crippen LogP contribution in [0.25, 0.3) is 0 Å². The van der Waals surface area contributed by atoms with Crippen molar-refractivity contribution in [3.8, 4) is 0 Å². The van der Waals surface area contributed by atoms with Gasteiger partial charge in [-0.15, -0.1) is 24.0 Å². The molecule has 0 unspecified atom stereocenters. The summed E-state index contributed by atoms with van der Waals surface area (Å²) in [5.41, 5.74) is 0. The summed E-state index contributed by atoms with van der Waals surface area (Å²) in [6, 6.07) is 0. The molecule has 1 aliphatic heterocycles. The Bertz CT molecular complexity index is 243. The highest BCUT2D eigenvalue weighted by Crippen LogP contribution is 2.12. The van der Waals surface area contributed by atoms with Gasteiger partial charge in [-0.1, -0.05) is 77.6 Å². The maximum absolute atomic E-state index is 2.41. The van der Waals surface area contributed by atoms with E-state index in [9.17, 15) is 0 Å². The Balaban J connectivity index is 0.00000400. The summed E-state index contributed by atoms with van der Waals surface area (Å²) in [6.07, 6.45) is 21.6. The van der Waals surface area contributed by atoms with Crippen LogP contribution in [0.4, 0.5) is 0 Å². The van der Waals surface area contributed by atoms with E-state index >= 15 is 0 Å². The molecule has 1 heterocycles. The molecule has 0 radical (unpaired) electrons. The van der Waals surface area contributed by atoms with E-state index in [1.807, 2.05) is 0 Å². The fourth-order valence-corrected chi connectivity index (χ4v) is 2.89. The van der Waals surface area contributed by atoms with Gasteiger partial charge in [0.1, 0.15) is 0 Å². The van der Waals surface area contributed by atoms with Crippen LogP contribution in [0, 0.1) is 0 Å². The molecular formula is C18H37IN2. The van der Waals surface area contributed by atoms with Crippen LogP contribution in [0.2, 0.25) is 0 Å². The van der Waals surface area contributed by atoms with Crippen LogP contribution < -0.4 is 0 Å². The maximum atomic E-state index is 2.41. The van der Waals surface area contributed by atoms with Gasteiger partial charge in [-0.05, 0) is 6.42 Å². The van der Waals surface area contributed by atoms with E-state index < -0.39 is 0 Å². The number of rotatable bonds is 13. The first kappa shape index (κ1) is 21.1. The van der Waals surface area contributed by atoms with Crippen molar-refractivity contribution >= 4 is 24.0 Å². The molecule has 0 saturated carbocycles. The van der Waals surface area contributed by atoms with Gasteiger partial charge in [-0.3, -0.25) is 0 Å². The van der Waals surface area contributed by atoms with Crippen LogP contribution in [-0.2, 0) is 0 Å². The summed E-state index contributed by atoms with van der Waals surface area (Å²) >= 11 is 0. The molecule has 0 atom stereocenters. The van der Waals surface area contributed by atoms with Crippen molar-refractivity contribution in [2.75, 3.05) is 20.3 Å². The van der Waals surface area contributed by atoms with Crippen molar-refractivity contribution in [3.05, 3.63) is 12.4 Å². The van der Waals surface area contributed by atoms with Crippen LogP contribution in [0.15, 0.2) is 12.4 Å². The molecular weight excluding hydrogens is 371 g/mol. The highest BCUT2D eigenvalue weighted by molar-refractivity contribution is 14.0. The van der Waals surface area contributed by atoms with Crippen molar-refractivity contribution in [2.24, 2.45) is 0 Å². The summed E-state index contributed by atoms with van der Waals surface area (Å²) in [4.78, 5) is 4.65. The first-order chi connectivity index (χ1) is 9.83. The number of halogens is 1. The Morgan fingerprint density at radius 2 is 1.19 bits per heavy atom. The van der Waals surface area contributed by atoms with Gasteiger partial charge in [-0.2, -0.15) is 0 Å². The monoisotopic (exact) mass is 408 g/mol. The van der Waals surface area contributed by atoms with Gasteiger partial charge in [0.2, 0.25) is 0 Å². The molecule has 1 aliphatic rings. The van der Waals surface area contributed by atoms with Crippen molar-refractivity contribution in [1.29, 1.82) is 0 Å². The molecule has 126 valence electrons. The van der Waals surface area contributed by atoms with E-state index in [2.05, 4.69) is 36.2 Å². The zero-order chi connectivity index (χ0) is 14.5. The second-order valence-corrected chi connectivity index (χ2v) is 6.40. The zero-order valence-corrected chi connectivity index (χ0v) is 16.7. The van der Waals surface area contributed by atoms with Crippen LogP contribution >= 0.6 is 24.0 Å². The Morgan fingerprint density at radius 3 is 1.62 bits per heavy atom. The fraction of sp³-hybridized carbons (Fsp3) is 0.889. The SMILES string of the molecule is CCCCCCCCCCCCCCN1C=CN(C)C1.I. The summed E-state index contributed by atoms with van der Waals surface area (Å²) in [6.45, 7) is 4.61. The molecule has 0 aromatic rings. The molecule has 0 aromatic heterocycles. The number of hydrogen-bond donors (Lipinski definition) is 0. The lowest BCUT2D eigenvalue weighted by molar-refractivity contribution is 0.290. The average molecular weight is 408 g/mol. The highest BCUT2D eigenvalue weighted by atomic mass is 127. The van der Waals surface area contributed by atoms with Crippen LogP contribution in [0.5, 0.6) is 0 Å². The molecule has 0 spiro atoms. The second kappa shape index (κ2) is 15.0. The number of hydrogen-bond acceptors (Lipinski definition) is 2. The Labute approximate surface area is 150 Å². The largest absolute Gasteiger partial charge is 0.362 e. The summed E-state index contributed by atoms with van der Waals surface area (Å²) in [5, 5.41) is 0. The summed E-state index contributed by atoms with van der Waals surface area (Å²) in [7, 11) is 2.14. The van der Waals surface area contributed by atoms with Crippen molar-refractivity contribution in [1.82, 2.24) is 9.80 Å². The van der Waals surface area contributed by atoms with Crippen molar-refractivity contribution in [2.45, 2.75) is 84.0 Å². The standard InChI is InChI=1S/C18H36N2.HI/c1-3-4-5-6-7-8-9-10-11-12-13-14-15-20-17-16-19(2)18-20;/h16-17H,3-15,18H2,1-2H3;1H. The predicted octanol–water partition coefficient (Wildman–Crippen LogP) is 5.98. The Kier molecular flexibility index (Phi) is 15.0. The molecule has 0 aliphatic carbocycles. The third kappa shape index (κ3) is 12.3. The summed E-state index contributed by atoms with van der Waals surface area (Å²) < 4.78 is 0. The first-order valence-corrected chi connectivity index (χ1v) is 8.95. The van der Waals surface area contributed by atoms with Gasteiger partial charge in [0.25, 0.3) is 0 Å². The van der Waals surface area contributed by atoms with E-state index in [4.69, 9.17) is 0 Å². The van der Waals surface area contributed by atoms with E-state index in [1.54, 1.807) is 0 Å². The van der Waals surface area contributed by atoms with Crippen molar-refractivity contribution < 1.29 is 0 Å². The maximum Gasteiger partial charge on any atom is 0.0890 e. The molecule has 0 fully saturated rings. The van der Waals surface area contributed by atoms with E-state index in [0.29, 0.717) is 0 Å². The van der Waals surface area contributed by atoms with Crippen LogP contribution in [0.3, 0.4) is 0 Å². The quantitative estimate of drug-likeness (QED) is 0.273. The van der Waals surface area contributed by atoms with Gasteiger partial charge in [0.15, 0.2) is 0 Å². The average Bonchev–Trinajstić information content (AvgIpc) is 2.86. The Hall–Kier alpha value is 0.0700. The minimum atomic E-state index is 0. The van der Waals surface area contributed by atoms with Crippen LogP contribution in [-0.4, -0.2) is 30.1 Å². The lowest BCUT2D eigenvalue weighted by Gasteiger charge is -2.17.